The van der Waals surface area contributed by atoms with Crippen LogP contribution in [0.2, 0.25) is 0 Å². The Balaban J connectivity index is 1.27. The van der Waals surface area contributed by atoms with Gasteiger partial charge in [-0.2, -0.15) is 13.2 Å². The smallest absolute Gasteiger partial charge is 0.166 e. The third-order valence-corrected chi connectivity index (χ3v) is 8.58. The maximum Gasteiger partial charge on any atom is 0.416 e. The van der Waals surface area contributed by atoms with E-state index in [-0.39, 0.29) is 0 Å². The van der Waals surface area contributed by atoms with Crippen molar-refractivity contribution in [1.82, 2.24) is 0 Å². The van der Waals surface area contributed by atoms with E-state index < -0.39 is 11.7 Å². The molecule has 0 spiro atoms. The molecule has 3 aliphatic rings. The van der Waals surface area contributed by atoms with Gasteiger partial charge in [0.15, 0.2) is 0 Å². The molecular formula is C26H37F3. The second-order valence-electron chi connectivity index (χ2n) is 10.3. The van der Waals surface area contributed by atoms with Gasteiger partial charge in [0.25, 0.3) is 0 Å². The van der Waals surface area contributed by atoms with Crippen molar-refractivity contribution in [3.63, 3.8) is 0 Å². The standard InChI is InChI=1S/C26H37F3/c1-2-3-19-8-14-24-21(16-19)10-11-22-17-20(9-15-25(22)24)5-4-18-6-12-23(13-7-18)26(27,28)29/h6-7,12-13,19-22,24-25H,2-5,8-11,14-17H2,1H3/t19-,20?,21-,22+,24+,25+/m1/s1. The van der Waals surface area contributed by atoms with Crippen LogP contribution in [-0.2, 0) is 12.6 Å². The van der Waals surface area contributed by atoms with Crippen molar-refractivity contribution in [1.29, 1.82) is 0 Å². The van der Waals surface area contributed by atoms with Crippen molar-refractivity contribution in [2.45, 2.75) is 90.1 Å². The van der Waals surface area contributed by atoms with Crippen LogP contribution in [-0.4, -0.2) is 0 Å². The van der Waals surface area contributed by atoms with Crippen LogP contribution in [0.4, 0.5) is 13.2 Å². The van der Waals surface area contributed by atoms with Crippen molar-refractivity contribution >= 4 is 0 Å². The second kappa shape index (κ2) is 9.02. The van der Waals surface area contributed by atoms with E-state index in [2.05, 4.69) is 6.92 Å². The largest absolute Gasteiger partial charge is 0.416 e. The zero-order valence-corrected chi connectivity index (χ0v) is 17.9. The highest BCUT2D eigenvalue weighted by atomic mass is 19.4. The molecule has 0 saturated heterocycles. The number of rotatable bonds is 5. The fourth-order valence-corrected chi connectivity index (χ4v) is 7.15. The Morgan fingerprint density at radius 3 is 1.83 bits per heavy atom. The van der Waals surface area contributed by atoms with Gasteiger partial charge in [0.05, 0.1) is 5.56 Å². The zero-order valence-electron chi connectivity index (χ0n) is 17.9. The first-order chi connectivity index (χ1) is 13.9. The molecule has 0 aromatic heterocycles. The average molecular weight is 407 g/mol. The Labute approximate surface area is 174 Å². The van der Waals surface area contributed by atoms with Gasteiger partial charge in [-0.25, -0.2) is 0 Å². The van der Waals surface area contributed by atoms with E-state index in [1.807, 2.05) is 0 Å². The molecule has 4 rings (SSSR count). The van der Waals surface area contributed by atoms with Gasteiger partial charge >= 0.3 is 6.18 Å². The molecular weight excluding hydrogens is 369 g/mol. The Hall–Kier alpha value is -0.990. The van der Waals surface area contributed by atoms with E-state index >= 15 is 0 Å². The lowest BCUT2D eigenvalue weighted by molar-refractivity contribution is -0.137. The number of aryl methyl sites for hydroxylation is 1. The van der Waals surface area contributed by atoms with Crippen molar-refractivity contribution in [3.05, 3.63) is 35.4 Å². The first-order valence-electron chi connectivity index (χ1n) is 12.1. The first kappa shape index (κ1) is 21.2. The molecule has 1 aromatic rings. The van der Waals surface area contributed by atoms with Crippen molar-refractivity contribution in [3.8, 4) is 0 Å². The molecule has 0 N–H and O–H groups in total. The van der Waals surface area contributed by atoms with Crippen LogP contribution in [0.1, 0.15) is 88.7 Å². The SMILES string of the molecule is CCC[C@@H]1CC[C@H]2[C@H](CC[C@H]3CC(CCc4ccc(C(F)(F)F)cc4)CC[C@@H]32)C1. The molecule has 0 radical (unpaired) electrons. The zero-order chi connectivity index (χ0) is 20.4. The summed E-state index contributed by atoms with van der Waals surface area (Å²) < 4.78 is 38.2. The molecule has 6 atom stereocenters. The van der Waals surface area contributed by atoms with Crippen molar-refractivity contribution in [2.75, 3.05) is 0 Å². The average Bonchev–Trinajstić information content (AvgIpc) is 2.71. The lowest BCUT2D eigenvalue weighted by Crippen LogP contribution is -2.41. The third-order valence-electron chi connectivity index (χ3n) is 8.58. The van der Waals surface area contributed by atoms with Gasteiger partial charge in [-0.15, -0.1) is 0 Å². The number of benzene rings is 1. The highest BCUT2D eigenvalue weighted by Crippen LogP contribution is 2.54. The van der Waals surface area contributed by atoms with Gasteiger partial charge in [-0.1, -0.05) is 44.7 Å². The van der Waals surface area contributed by atoms with Gasteiger partial charge in [0.1, 0.15) is 0 Å². The Bertz CT molecular complexity index is 647. The van der Waals surface area contributed by atoms with E-state index in [0.717, 1.165) is 53.9 Å². The minimum absolute atomic E-state index is 0.535. The molecule has 3 saturated carbocycles. The number of alkyl halides is 3. The van der Waals surface area contributed by atoms with Crippen molar-refractivity contribution in [2.24, 2.45) is 35.5 Å². The molecule has 0 nitrogen and oxygen atoms in total. The van der Waals surface area contributed by atoms with E-state index in [0.29, 0.717) is 0 Å². The maximum absolute atomic E-state index is 12.7. The van der Waals surface area contributed by atoms with Gasteiger partial charge in [-0.05, 0) is 105 Å². The number of hydrogen-bond donors (Lipinski definition) is 0. The van der Waals surface area contributed by atoms with E-state index in [4.69, 9.17) is 0 Å². The summed E-state index contributed by atoms with van der Waals surface area (Å²) in [6, 6.07) is 5.83. The maximum atomic E-state index is 12.7. The molecule has 3 fully saturated rings. The lowest BCUT2D eigenvalue weighted by atomic mass is 9.55. The summed E-state index contributed by atoms with van der Waals surface area (Å²) in [6.07, 6.45) is 12.1. The Morgan fingerprint density at radius 1 is 0.759 bits per heavy atom. The van der Waals surface area contributed by atoms with Gasteiger partial charge in [0, 0.05) is 0 Å². The molecule has 3 heteroatoms. The van der Waals surface area contributed by atoms with E-state index in [1.165, 1.54) is 76.3 Å². The summed E-state index contributed by atoms with van der Waals surface area (Å²) in [6.45, 7) is 2.33. The van der Waals surface area contributed by atoms with Crippen LogP contribution in [0.15, 0.2) is 24.3 Å². The summed E-state index contributed by atoms with van der Waals surface area (Å²) in [5.74, 6) is 5.66. The quantitative estimate of drug-likeness (QED) is 0.461. The Kier molecular flexibility index (Phi) is 6.61. The molecule has 0 aliphatic heterocycles. The van der Waals surface area contributed by atoms with Crippen LogP contribution >= 0.6 is 0 Å². The minimum atomic E-state index is -4.23. The summed E-state index contributed by atoms with van der Waals surface area (Å²) in [5, 5.41) is 0. The molecule has 0 amide bonds. The highest BCUT2D eigenvalue weighted by Gasteiger charge is 2.44. The molecule has 0 bridgehead atoms. The fraction of sp³-hybridized carbons (Fsp3) is 0.769. The van der Waals surface area contributed by atoms with Crippen LogP contribution in [0.5, 0.6) is 0 Å². The van der Waals surface area contributed by atoms with E-state index in [9.17, 15) is 13.2 Å². The molecule has 3 aliphatic carbocycles. The van der Waals surface area contributed by atoms with Crippen LogP contribution in [0.25, 0.3) is 0 Å². The molecule has 162 valence electrons. The predicted octanol–water partition coefficient (Wildman–Crippen LogP) is 8.30. The summed E-state index contributed by atoms with van der Waals surface area (Å²) in [5.41, 5.74) is 0.519. The van der Waals surface area contributed by atoms with Gasteiger partial charge in [-0.3, -0.25) is 0 Å². The molecule has 1 unspecified atom stereocenters. The monoisotopic (exact) mass is 406 g/mol. The normalized spacial score (nSPS) is 35.0. The first-order valence-corrected chi connectivity index (χ1v) is 12.1. The number of halogens is 3. The minimum Gasteiger partial charge on any atom is -0.166 e. The van der Waals surface area contributed by atoms with Crippen molar-refractivity contribution < 1.29 is 13.2 Å². The summed E-state index contributed by atoms with van der Waals surface area (Å²) in [4.78, 5) is 0. The second-order valence-corrected chi connectivity index (χ2v) is 10.3. The number of fused-ring (bicyclic) bond motifs is 3. The molecule has 29 heavy (non-hydrogen) atoms. The fourth-order valence-electron chi connectivity index (χ4n) is 7.15. The number of hydrogen-bond acceptors (Lipinski definition) is 0. The predicted molar refractivity (Wildman–Crippen MR) is 113 cm³/mol. The van der Waals surface area contributed by atoms with E-state index in [1.54, 1.807) is 12.1 Å². The van der Waals surface area contributed by atoms with Crippen LogP contribution in [0.3, 0.4) is 0 Å². The van der Waals surface area contributed by atoms with Gasteiger partial charge in [0.2, 0.25) is 0 Å². The topological polar surface area (TPSA) is 0 Å². The lowest BCUT2D eigenvalue weighted by Gasteiger charge is -2.51. The van der Waals surface area contributed by atoms with Gasteiger partial charge < -0.3 is 0 Å². The third kappa shape index (κ3) is 5.02. The molecule has 1 aromatic carbocycles. The molecule has 0 heterocycles. The Morgan fingerprint density at radius 2 is 1.31 bits per heavy atom. The van der Waals surface area contributed by atoms with Crippen LogP contribution < -0.4 is 0 Å². The summed E-state index contributed by atoms with van der Waals surface area (Å²) >= 11 is 0. The summed E-state index contributed by atoms with van der Waals surface area (Å²) in [7, 11) is 0. The van der Waals surface area contributed by atoms with Crippen LogP contribution in [0, 0.1) is 35.5 Å². The highest BCUT2D eigenvalue weighted by molar-refractivity contribution is 5.24.